The molecule has 0 radical (unpaired) electrons. The lowest BCUT2D eigenvalue weighted by atomic mass is 9.77. The minimum atomic E-state index is 0.154. The highest BCUT2D eigenvalue weighted by Crippen LogP contribution is 2.39. The molecule has 1 fully saturated rings. The van der Waals surface area contributed by atoms with Crippen molar-refractivity contribution >= 4 is 11.3 Å². The van der Waals surface area contributed by atoms with Crippen LogP contribution in [0.5, 0.6) is 0 Å². The highest BCUT2D eigenvalue weighted by Gasteiger charge is 2.37. The number of aromatic nitrogens is 2. The second-order valence-electron chi connectivity index (χ2n) is 5.90. The molecule has 0 amide bonds. The van der Waals surface area contributed by atoms with E-state index in [4.69, 9.17) is 4.52 Å². The van der Waals surface area contributed by atoms with E-state index in [1.165, 1.54) is 18.4 Å². The summed E-state index contributed by atoms with van der Waals surface area (Å²) in [6, 6.07) is 0.154. The van der Waals surface area contributed by atoms with Crippen molar-refractivity contribution in [2.75, 3.05) is 6.54 Å². The lowest BCUT2D eigenvalue weighted by Crippen LogP contribution is -2.39. The first kappa shape index (κ1) is 12.8. The van der Waals surface area contributed by atoms with Gasteiger partial charge in [0.2, 0.25) is 11.7 Å². The van der Waals surface area contributed by atoms with Crippen molar-refractivity contribution in [3.8, 4) is 11.4 Å². The fourth-order valence-corrected chi connectivity index (χ4v) is 3.51. The van der Waals surface area contributed by atoms with Crippen molar-refractivity contribution in [3.63, 3.8) is 0 Å². The maximum atomic E-state index is 5.50. The third-order valence-corrected chi connectivity index (χ3v) is 4.77. The Hall–Kier alpha value is -1.20. The maximum Gasteiger partial charge on any atom is 0.244 e. The zero-order valence-electron chi connectivity index (χ0n) is 11.6. The van der Waals surface area contributed by atoms with E-state index in [0.717, 1.165) is 12.1 Å². The summed E-state index contributed by atoms with van der Waals surface area (Å²) in [4.78, 5) is 4.60. The number of nitrogens with zero attached hydrogens (tertiary/aromatic N) is 2. The quantitative estimate of drug-likeness (QED) is 0.912. The van der Waals surface area contributed by atoms with Gasteiger partial charge in [-0.05, 0) is 42.7 Å². The second kappa shape index (κ2) is 4.72. The molecule has 1 unspecified atom stereocenters. The molecule has 1 saturated heterocycles. The van der Waals surface area contributed by atoms with E-state index in [2.05, 4.69) is 47.0 Å². The Morgan fingerprint density at radius 1 is 1.42 bits per heavy atom. The normalized spacial score (nSPS) is 22.6. The zero-order valence-corrected chi connectivity index (χ0v) is 12.4. The summed E-state index contributed by atoms with van der Waals surface area (Å²) in [5, 5.41) is 11.8. The summed E-state index contributed by atoms with van der Waals surface area (Å²) >= 11 is 1.67. The average Bonchev–Trinajstić information content (AvgIpc) is 2.97. The lowest BCUT2D eigenvalue weighted by Gasteiger charge is -2.36. The summed E-state index contributed by atoms with van der Waals surface area (Å²) in [7, 11) is 0. The van der Waals surface area contributed by atoms with Crippen LogP contribution in [-0.4, -0.2) is 16.7 Å². The monoisotopic (exact) mass is 277 g/mol. The fraction of sp³-hybridized carbons (Fsp3) is 0.571. The molecule has 4 nitrogen and oxygen atoms in total. The van der Waals surface area contributed by atoms with Crippen molar-refractivity contribution in [2.24, 2.45) is 5.41 Å². The van der Waals surface area contributed by atoms with Gasteiger partial charge in [0.05, 0.1) is 6.04 Å². The van der Waals surface area contributed by atoms with Gasteiger partial charge >= 0.3 is 0 Å². The number of nitrogens with one attached hydrogen (secondary N) is 1. The van der Waals surface area contributed by atoms with E-state index in [0.29, 0.717) is 11.7 Å². The molecule has 19 heavy (non-hydrogen) atoms. The van der Waals surface area contributed by atoms with E-state index in [1.54, 1.807) is 11.3 Å². The summed E-state index contributed by atoms with van der Waals surface area (Å²) in [6.07, 6.45) is 2.38. The molecule has 0 saturated carbocycles. The SMILES string of the molecule is Cc1cscc1-c1noc(C2NCCCC2(C)C)n1. The first-order valence-electron chi connectivity index (χ1n) is 6.68. The van der Waals surface area contributed by atoms with Gasteiger partial charge < -0.3 is 9.84 Å². The van der Waals surface area contributed by atoms with Gasteiger partial charge in [0.15, 0.2) is 0 Å². The van der Waals surface area contributed by atoms with Crippen LogP contribution in [0.4, 0.5) is 0 Å². The number of thiophene rings is 1. The molecule has 1 N–H and O–H groups in total. The van der Waals surface area contributed by atoms with Crippen molar-refractivity contribution in [1.82, 2.24) is 15.5 Å². The molecule has 102 valence electrons. The van der Waals surface area contributed by atoms with Gasteiger partial charge in [0, 0.05) is 10.9 Å². The Morgan fingerprint density at radius 2 is 2.26 bits per heavy atom. The smallest absolute Gasteiger partial charge is 0.244 e. The molecule has 2 aromatic rings. The Kier molecular flexibility index (Phi) is 3.19. The molecule has 0 spiro atoms. The molecular weight excluding hydrogens is 258 g/mol. The predicted molar refractivity (Wildman–Crippen MR) is 76.1 cm³/mol. The van der Waals surface area contributed by atoms with Gasteiger partial charge in [-0.1, -0.05) is 19.0 Å². The largest absolute Gasteiger partial charge is 0.337 e. The molecule has 3 rings (SSSR count). The van der Waals surface area contributed by atoms with Crippen LogP contribution >= 0.6 is 11.3 Å². The molecule has 1 aliphatic heterocycles. The van der Waals surface area contributed by atoms with Crippen molar-refractivity contribution in [3.05, 3.63) is 22.2 Å². The first-order valence-corrected chi connectivity index (χ1v) is 7.62. The topological polar surface area (TPSA) is 51.0 Å². The molecule has 0 bridgehead atoms. The van der Waals surface area contributed by atoms with E-state index in [1.807, 2.05) is 0 Å². The number of rotatable bonds is 2. The third kappa shape index (κ3) is 2.32. The fourth-order valence-electron chi connectivity index (χ4n) is 2.68. The van der Waals surface area contributed by atoms with Gasteiger partial charge in [-0.2, -0.15) is 16.3 Å². The molecule has 0 aliphatic carbocycles. The minimum Gasteiger partial charge on any atom is -0.337 e. The standard InChI is InChI=1S/C14H19N3OS/c1-9-7-19-8-10(9)12-16-13(18-17-12)11-14(2,3)5-4-6-15-11/h7-8,11,15H,4-6H2,1-3H3. The summed E-state index contributed by atoms with van der Waals surface area (Å²) in [5.74, 6) is 1.42. The first-order chi connectivity index (χ1) is 9.08. The van der Waals surface area contributed by atoms with E-state index >= 15 is 0 Å². The molecule has 1 aliphatic rings. The van der Waals surface area contributed by atoms with Crippen molar-refractivity contribution < 1.29 is 4.52 Å². The minimum absolute atomic E-state index is 0.154. The van der Waals surface area contributed by atoms with E-state index < -0.39 is 0 Å². The van der Waals surface area contributed by atoms with Gasteiger partial charge in [0.1, 0.15) is 0 Å². The number of aryl methyl sites for hydroxylation is 1. The molecular formula is C14H19N3OS. The van der Waals surface area contributed by atoms with Gasteiger partial charge in [-0.3, -0.25) is 0 Å². The van der Waals surface area contributed by atoms with Crippen LogP contribution in [0.15, 0.2) is 15.3 Å². The highest BCUT2D eigenvalue weighted by atomic mass is 32.1. The molecule has 0 aromatic carbocycles. The van der Waals surface area contributed by atoms with Crippen molar-refractivity contribution in [1.29, 1.82) is 0 Å². The summed E-state index contributed by atoms with van der Waals surface area (Å²) in [6.45, 7) is 7.60. The number of piperidine rings is 1. The second-order valence-corrected chi connectivity index (χ2v) is 6.65. The van der Waals surface area contributed by atoms with Crippen LogP contribution in [-0.2, 0) is 0 Å². The van der Waals surface area contributed by atoms with Crippen LogP contribution in [0.2, 0.25) is 0 Å². The summed E-state index contributed by atoms with van der Waals surface area (Å²) in [5.41, 5.74) is 2.44. The van der Waals surface area contributed by atoms with Crippen LogP contribution in [0, 0.1) is 12.3 Å². The highest BCUT2D eigenvalue weighted by molar-refractivity contribution is 7.08. The Morgan fingerprint density at radius 3 is 2.95 bits per heavy atom. The number of hydrogen-bond donors (Lipinski definition) is 1. The maximum absolute atomic E-state index is 5.50. The van der Waals surface area contributed by atoms with E-state index in [9.17, 15) is 0 Å². The molecule has 2 aromatic heterocycles. The predicted octanol–water partition coefficient (Wildman–Crippen LogP) is 3.56. The van der Waals surface area contributed by atoms with Crippen LogP contribution < -0.4 is 5.32 Å². The Bertz CT molecular complexity index is 573. The van der Waals surface area contributed by atoms with Gasteiger partial charge in [-0.15, -0.1) is 0 Å². The Labute approximate surface area is 117 Å². The van der Waals surface area contributed by atoms with Crippen LogP contribution in [0.3, 0.4) is 0 Å². The molecule has 1 atom stereocenters. The lowest BCUT2D eigenvalue weighted by molar-refractivity contribution is 0.146. The van der Waals surface area contributed by atoms with Crippen molar-refractivity contribution in [2.45, 2.75) is 39.7 Å². The van der Waals surface area contributed by atoms with Crippen LogP contribution in [0.25, 0.3) is 11.4 Å². The Balaban J connectivity index is 1.91. The molecule has 5 heteroatoms. The zero-order chi connectivity index (χ0) is 13.5. The van der Waals surface area contributed by atoms with Gasteiger partial charge in [-0.25, -0.2) is 0 Å². The number of hydrogen-bond acceptors (Lipinski definition) is 5. The van der Waals surface area contributed by atoms with Crippen LogP contribution in [0.1, 0.15) is 44.2 Å². The van der Waals surface area contributed by atoms with Gasteiger partial charge in [0.25, 0.3) is 0 Å². The third-order valence-electron chi connectivity index (χ3n) is 3.91. The summed E-state index contributed by atoms with van der Waals surface area (Å²) < 4.78 is 5.50. The average molecular weight is 277 g/mol. The van der Waals surface area contributed by atoms with E-state index in [-0.39, 0.29) is 11.5 Å². The molecule has 3 heterocycles.